The monoisotopic (exact) mass is 337 g/mol. The number of rotatable bonds is 7. The fraction of sp³-hybridized carbons (Fsp3) is 0.300. The largest absolute Gasteiger partial charge is 0.494 e. The Hall–Kier alpha value is -2.82. The van der Waals surface area contributed by atoms with Gasteiger partial charge in [-0.1, -0.05) is 25.1 Å². The van der Waals surface area contributed by atoms with Crippen molar-refractivity contribution in [3.8, 4) is 5.75 Å². The summed E-state index contributed by atoms with van der Waals surface area (Å²) in [7, 11) is 0. The first kappa shape index (κ1) is 17.0. The molecule has 0 radical (unpaired) electrons. The number of aromatic nitrogens is 2. The number of fused-ring (bicyclic) bond motifs is 1. The molecular formula is C20H23N3O2. The van der Waals surface area contributed by atoms with Crippen molar-refractivity contribution in [2.75, 3.05) is 6.61 Å². The number of amides is 1. The first-order valence-electron chi connectivity index (χ1n) is 8.68. The van der Waals surface area contributed by atoms with Crippen LogP contribution in [0.1, 0.15) is 36.3 Å². The number of aryl methyl sites for hydroxylation is 1. The fourth-order valence-electron chi connectivity index (χ4n) is 2.84. The number of nitrogens with one attached hydrogen (secondary N) is 1. The Balaban J connectivity index is 1.72. The van der Waals surface area contributed by atoms with E-state index in [0.29, 0.717) is 18.7 Å². The maximum absolute atomic E-state index is 12.4. The number of para-hydroxylation sites is 1. The second-order valence-corrected chi connectivity index (χ2v) is 5.83. The smallest absolute Gasteiger partial charge is 0.251 e. The molecule has 5 heteroatoms. The lowest BCUT2D eigenvalue weighted by Gasteiger charge is -2.06. The average Bonchev–Trinajstić information content (AvgIpc) is 2.99. The fourth-order valence-corrected chi connectivity index (χ4v) is 2.84. The zero-order valence-electron chi connectivity index (χ0n) is 14.7. The topological polar surface area (TPSA) is 56.2 Å². The molecule has 0 atom stereocenters. The summed E-state index contributed by atoms with van der Waals surface area (Å²) >= 11 is 0. The van der Waals surface area contributed by atoms with Crippen LogP contribution in [0.3, 0.4) is 0 Å². The number of benzene rings is 2. The van der Waals surface area contributed by atoms with E-state index >= 15 is 0 Å². The summed E-state index contributed by atoms with van der Waals surface area (Å²) < 4.78 is 7.41. The zero-order valence-corrected chi connectivity index (χ0v) is 14.7. The van der Waals surface area contributed by atoms with E-state index in [0.717, 1.165) is 35.3 Å². The van der Waals surface area contributed by atoms with E-state index in [4.69, 9.17) is 4.74 Å². The predicted molar refractivity (Wildman–Crippen MR) is 98.8 cm³/mol. The van der Waals surface area contributed by atoms with Crippen LogP contribution in [0.5, 0.6) is 5.75 Å². The Bertz CT molecular complexity index is 853. The van der Waals surface area contributed by atoms with Crippen LogP contribution in [0.15, 0.2) is 48.5 Å². The maximum Gasteiger partial charge on any atom is 0.251 e. The molecule has 0 bridgehead atoms. The molecule has 0 fully saturated rings. The third-order valence-corrected chi connectivity index (χ3v) is 4.01. The van der Waals surface area contributed by atoms with Gasteiger partial charge < -0.3 is 10.1 Å². The summed E-state index contributed by atoms with van der Waals surface area (Å²) in [6, 6.07) is 15.3. The Labute approximate surface area is 147 Å². The molecule has 1 N–H and O–H groups in total. The highest BCUT2D eigenvalue weighted by atomic mass is 16.5. The normalized spacial score (nSPS) is 10.8. The summed E-state index contributed by atoms with van der Waals surface area (Å²) in [5.41, 5.74) is 2.61. The van der Waals surface area contributed by atoms with E-state index in [9.17, 15) is 4.79 Å². The highest BCUT2D eigenvalue weighted by Gasteiger charge is 2.11. The van der Waals surface area contributed by atoms with Crippen molar-refractivity contribution in [1.82, 2.24) is 15.1 Å². The quantitative estimate of drug-likeness (QED) is 0.714. The Morgan fingerprint density at radius 3 is 2.60 bits per heavy atom. The van der Waals surface area contributed by atoms with Gasteiger partial charge in [0.25, 0.3) is 5.91 Å². The molecule has 3 aromatic rings. The maximum atomic E-state index is 12.4. The van der Waals surface area contributed by atoms with Crippen molar-refractivity contribution in [3.05, 3.63) is 59.8 Å². The van der Waals surface area contributed by atoms with Gasteiger partial charge in [-0.2, -0.15) is 5.10 Å². The van der Waals surface area contributed by atoms with Gasteiger partial charge in [0, 0.05) is 17.5 Å². The van der Waals surface area contributed by atoms with E-state index in [1.807, 2.05) is 41.9 Å². The van der Waals surface area contributed by atoms with Crippen LogP contribution in [0.4, 0.5) is 0 Å². The molecule has 0 aliphatic carbocycles. The van der Waals surface area contributed by atoms with Crippen LogP contribution in [-0.4, -0.2) is 22.3 Å². The molecule has 1 aromatic heterocycles. The first-order valence-corrected chi connectivity index (χ1v) is 8.68. The van der Waals surface area contributed by atoms with Crippen LogP contribution >= 0.6 is 0 Å². The molecule has 130 valence electrons. The van der Waals surface area contributed by atoms with E-state index in [2.05, 4.69) is 23.4 Å². The third-order valence-electron chi connectivity index (χ3n) is 4.01. The van der Waals surface area contributed by atoms with E-state index in [1.54, 1.807) is 12.1 Å². The molecule has 25 heavy (non-hydrogen) atoms. The Morgan fingerprint density at radius 2 is 1.88 bits per heavy atom. The number of carbonyl (C=O) groups is 1. The second kappa shape index (κ2) is 7.83. The van der Waals surface area contributed by atoms with Gasteiger partial charge >= 0.3 is 0 Å². The molecule has 0 aliphatic heterocycles. The van der Waals surface area contributed by atoms with Crippen molar-refractivity contribution in [2.45, 2.75) is 33.4 Å². The standard InChI is InChI=1S/C20H23N3O2/c1-3-13-23-19-8-6-5-7-17(19)18(22-23)14-21-20(24)15-9-11-16(12-10-15)25-4-2/h5-12H,3-4,13-14H2,1-2H3,(H,21,24). The predicted octanol–water partition coefficient (Wildman–Crippen LogP) is 3.78. The van der Waals surface area contributed by atoms with Crippen molar-refractivity contribution >= 4 is 16.8 Å². The van der Waals surface area contributed by atoms with Crippen molar-refractivity contribution in [1.29, 1.82) is 0 Å². The summed E-state index contributed by atoms with van der Waals surface area (Å²) in [6.07, 6.45) is 1.02. The molecule has 0 unspecified atom stereocenters. The van der Waals surface area contributed by atoms with Gasteiger partial charge in [-0.25, -0.2) is 0 Å². The number of carbonyl (C=O) groups excluding carboxylic acids is 1. The minimum absolute atomic E-state index is 0.114. The number of ether oxygens (including phenoxy) is 1. The van der Waals surface area contributed by atoms with Crippen molar-refractivity contribution in [3.63, 3.8) is 0 Å². The first-order chi connectivity index (χ1) is 12.2. The number of nitrogens with zero attached hydrogens (tertiary/aromatic N) is 2. The van der Waals surface area contributed by atoms with E-state index in [1.165, 1.54) is 0 Å². The summed E-state index contributed by atoms with van der Waals surface area (Å²) in [4.78, 5) is 12.4. The Morgan fingerprint density at radius 1 is 1.12 bits per heavy atom. The molecule has 5 nitrogen and oxygen atoms in total. The zero-order chi connectivity index (χ0) is 17.6. The molecule has 0 aliphatic rings. The minimum atomic E-state index is -0.114. The van der Waals surface area contributed by atoms with Crippen molar-refractivity contribution in [2.24, 2.45) is 0 Å². The summed E-state index contributed by atoms with van der Waals surface area (Å²) in [5.74, 6) is 0.653. The Kier molecular flexibility index (Phi) is 5.33. The van der Waals surface area contributed by atoms with Gasteiger partial charge in [-0.3, -0.25) is 9.48 Å². The molecule has 2 aromatic carbocycles. The minimum Gasteiger partial charge on any atom is -0.494 e. The van der Waals surface area contributed by atoms with E-state index < -0.39 is 0 Å². The molecule has 0 saturated heterocycles. The highest BCUT2D eigenvalue weighted by molar-refractivity contribution is 5.94. The highest BCUT2D eigenvalue weighted by Crippen LogP contribution is 2.19. The van der Waals surface area contributed by atoms with Crippen LogP contribution in [0, 0.1) is 0 Å². The van der Waals surface area contributed by atoms with Gasteiger partial charge in [0.05, 0.1) is 24.4 Å². The van der Waals surface area contributed by atoms with Gasteiger partial charge in [0.2, 0.25) is 0 Å². The molecule has 0 spiro atoms. The van der Waals surface area contributed by atoms with Gasteiger partial charge in [0.1, 0.15) is 5.75 Å². The van der Waals surface area contributed by atoms with Gasteiger partial charge in [-0.15, -0.1) is 0 Å². The van der Waals surface area contributed by atoms with Crippen LogP contribution in [0.2, 0.25) is 0 Å². The van der Waals surface area contributed by atoms with Gasteiger partial charge in [-0.05, 0) is 43.7 Å². The number of hydrogen-bond acceptors (Lipinski definition) is 3. The number of hydrogen-bond donors (Lipinski definition) is 1. The lowest BCUT2D eigenvalue weighted by molar-refractivity contribution is 0.0950. The van der Waals surface area contributed by atoms with E-state index in [-0.39, 0.29) is 5.91 Å². The second-order valence-electron chi connectivity index (χ2n) is 5.83. The molecular weight excluding hydrogens is 314 g/mol. The molecule has 3 rings (SSSR count). The lowest BCUT2D eigenvalue weighted by Crippen LogP contribution is -2.23. The van der Waals surface area contributed by atoms with Crippen LogP contribution in [-0.2, 0) is 13.1 Å². The third kappa shape index (κ3) is 3.82. The van der Waals surface area contributed by atoms with Crippen LogP contribution in [0.25, 0.3) is 10.9 Å². The average molecular weight is 337 g/mol. The van der Waals surface area contributed by atoms with Gasteiger partial charge in [0.15, 0.2) is 0 Å². The lowest BCUT2D eigenvalue weighted by atomic mass is 10.2. The summed E-state index contributed by atoms with van der Waals surface area (Å²) in [6.45, 7) is 5.95. The molecule has 1 amide bonds. The SMILES string of the molecule is CCCn1nc(CNC(=O)c2ccc(OCC)cc2)c2ccccc21. The molecule has 1 heterocycles. The van der Waals surface area contributed by atoms with Crippen LogP contribution < -0.4 is 10.1 Å². The summed E-state index contributed by atoms with van der Waals surface area (Å²) in [5, 5.41) is 8.71. The van der Waals surface area contributed by atoms with Crippen molar-refractivity contribution < 1.29 is 9.53 Å². The molecule has 0 saturated carbocycles.